The molecule has 0 unspecified atom stereocenters. The quantitative estimate of drug-likeness (QED) is 0.169. The molecule has 1 aromatic carbocycles. The maximum absolute atomic E-state index is 13.4. The minimum atomic E-state index is -0.345. The van der Waals surface area contributed by atoms with E-state index >= 15 is 0 Å². The van der Waals surface area contributed by atoms with Gasteiger partial charge in [-0.05, 0) is 81.4 Å². The van der Waals surface area contributed by atoms with E-state index in [1.165, 1.54) is 24.6 Å². The number of Topliss-reactive ketones (excluding diaryl/α,β-unsaturated/α-hetero) is 1. The summed E-state index contributed by atoms with van der Waals surface area (Å²) in [6, 6.07) is 5.69. The average Bonchev–Trinajstić information content (AvgIpc) is 3.25. The minimum Gasteiger partial charge on any atom is -0.442 e. The summed E-state index contributed by atoms with van der Waals surface area (Å²) in [5.74, 6) is 0.319. The van der Waals surface area contributed by atoms with Crippen LogP contribution >= 0.6 is 36.4 Å². The van der Waals surface area contributed by atoms with Crippen molar-refractivity contribution in [1.29, 1.82) is 0 Å². The number of halogens is 4. The summed E-state index contributed by atoms with van der Waals surface area (Å²) >= 11 is 6.58. The number of nitrogens with one attached hydrogen (secondary N) is 2. The number of H-pyrrole nitrogens is 1. The number of hydrogen-bond donors (Lipinski definition) is 2. The Labute approximate surface area is 257 Å². The van der Waals surface area contributed by atoms with E-state index in [9.17, 15) is 14.0 Å². The third-order valence-corrected chi connectivity index (χ3v) is 8.63. The number of imidazole rings is 1. The smallest absolute Gasteiger partial charge is 0.263 e. The van der Waals surface area contributed by atoms with E-state index in [1.807, 2.05) is 0 Å². The normalized spacial score (nSPS) is 18.3. The van der Waals surface area contributed by atoms with Crippen LogP contribution in [0.25, 0.3) is 11.4 Å². The number of amides is 1. The van der Waals surface area contributed by atoms with Crippen LogP contribution in [0.5, 0.6) is 0 Å². The minimum absolute atomic E-state index is 0. The highest BCUT2D eigenvalue weighted by molar-refractivity contribution is 6.30. The van der Waals surface area contributed by atoms with Crippen LogP contribution in [0.3, 0.4) is 0 Å². The van der Waals surface area contributed by atoms with Crippen molar-refractivity contribution >= 4 is 48.1 Å². The zero-order valence-electron chi connectivity index (χ0n) is 23.0. The second-order valence-electron chi connectivity index (χ2n) is 10.8. The molecule has 224 valence electrons. The van der Waals surface area contributed by atoms with E-state index in [1.54, 1.807) is 12.1 Å². The lowest BCUT2D eigenvalue weighted by Gasteiger charge is -2.32. The third-order valence-electron chi connectivity index (χ3n) is 8.34. The molecule has 2 N–H and O–H groups in total. The molecule has 5 rings (SSSR count). The summed E-state index contributed by atoms with van der Waals surface area (Å²) in [7, 11) is 0. The predicted molar refractivity (Wildman–Crippen MR) is 160 cm³/mol. The van der Waals surface area contributed by atoms with Gasteiger partial charge in [0.15, 0.2) is 5.15 Å². The summed E-state index contributed by atoms with van der Waals surface area (Å²) in [6.45, 7) is 5.32. The molecule has 0 radical (unpaired) electrons. The first-order valence-electron chi connectivity index (χ1n) is 13.9. The lowest BCUT2D eigenvalue weighted by Crippen LogP contribution is -2.37. The molecule has 3 aromatic rings. The van der Waals surface area contributed by atoms with Gasteiger partial charge in [0.1, 0.15) is 17.9 Å². The molecule has 1 aliphatic heterocycles. The molecule has 2 fully saturated rings. The molecule has 8 nitrogen and oxygen atoms in total. The summed E-state index contributed by atoms with van der Waals surface area (Å²) in [5, 5.41) is 3.56. The summed E-state index contributed by atoms with van der Waals surface area (Å²) in [5.41, 5.74) is 1.48. The Balaban J connectivity index is 0.00000231. The number of hydrogen-bond acceptors (Lipinski definition) is 6. The monoisotopic (exact) mass is 627 g/mol. The molecule has 41 heavy (non-hydrogen) atoms. The van der Waals surface area contributed by atoms with Crippen molar-refractivity contribution in [3.8, 4) is 11.4 Å². The Bertz CT molecular complexity index is 1280. The number of aromatic amines is 1. The van der Waals surface area contributed by atoms with Crippen molar-refractivity contribution in [3.05, 3.63) is 59.3 Å². The number of rotatable bonds is 12. The van der Waals surface area contributed by atoms with Gasteiger partial charge in [-0.15, -0.1) is 24.8 Å². The fraction of sp³-hybridized carbons (Fsp3) is 0.517. The molecule has 1 saturated heterocycles. The van der Waals surface area contributed by atoms with Gasteiger partial charge in [-0.25, -0.2) is 14.4 Å². The summed E-state index contributed by atoms with van der Waals surface area (Å²) in [6.07, 6.45) is 9.19. The highest BCUT2D eigenvalue weighted by atomic mass is 35.5. The van der Waals surface area contributed by atoms with E-state index in [0.717, 1.165) is 51.7 Å². The molecular weight excluding hydrogens is 592 g/mol. The number of carbonyl (C=O) groups excluding carboxylic acids is 2. The second-order valence-corrected chi connectivity index (χ2v) is 11.1. The van der Waals surface area contributed by atoms with E-state index in [4.69, 9.17) is 16.0 Å². The van der Waals surface area contributed by atoms with Crippen molar-refractivity contribution in [2.75, 3.05) is 19.6 Å². The fourth-order valence-corrected chi connectivity index (χ4v) is 6.03. The maximum Gasteiger partial charge on any atom is 0.263 e. The lowest BCUT2D eigenvalue weighted by atomic mass is 9.90. The number of carbonyl (C=O) groups is 2. The highest BCUT2D eigenvalue weighted by Gasteiger charge is 2.58. The molecule has 1 saturated carbocycles. The Kier molecular flexibility index (Phi) is 11.8. The van der Waals surface area contributed by atoms with Crippen LogP contribution < -0.4 is 5.32 Å². The van der Waals surface area contributed by atoms with Crippen LogP contribution in [0.15, 0.2) is 41.1 Å². The lowest BCUT2D eigenvalue weighted by molar-refractivity contribution is -0.124. The van der Waals surface area contributed by atoms with Gasteiger partial charge in [0.25, 0.3) is 5.89 Å². The van der Waals surface area contributed by atoms with Gasteiger partial charge in [-0.1, -0.05) is 31.4 Å². The van der Waals surface area contributed by atoms with Gasteiger partial charge in [0, 0.05) is 17.9 Å². The van der Waals surface area contributed by atoms with E-state index < -0.39 is 0 Å². The standard InChI is InChI=1S/C29H35ClFN5O3.2ClH/c1-2-36-15-12-29(13-16-36)18-21(29)27(38)33-22(6-4-3-5-7-23(37)28-32-14-17-39-28)24-25(30)35-26(34-24)19-8-10-20(31)11-9-19;;/h8-11,14,17,21-22H,2-7,12-13,15-16,18H2,1H3,(H,33,38)(H,34,35);2*1H/t21-,22+;;/m1../s1. The number of aromatic nitrogens is 3. The molecule has 1 spiro atoms. The van der Waals surface area contributed by atoms with Crippen LogP contribution in [0.2, 0.25) is 5.15 Å². The van der Waals surface area contributed by atoms with Crippen LogP contribution in [-0.2, 0) is 4.79 Å². The first-order valence-corrected chi connectivity index (χ1v) is 14.2. The Morgan fingerprint density at radius 3 is 2.59 bits per heavy atom. The molecule has 1 aliphatic carbocycles. The Morgan fingerprint density at radius 2 is 1.93 bits per heavy atom. The van der Waals surface area contributed by atoms with Gasteiger partial charge in [-0.3, -0.25) is 9.59 Å². The zero-order valence-corrected chi connectivity index (χ0v) is 25.4. The van der Waals surface area contributed by atoms with E-state index in [-0.39, 0.29) is 65.6 Å². The van der Waals surface area contributed by atoms with Gasteiger partial charge < -0.3 is 19.6 Å². The van der Waals surface area contributed by atoms with Crippen LogP contribution in [0, 0.1) is 17.2 Å². The summed E-state index contributed by atoms with van der Waals surface area (Å²) in [4.78, 5) is 39.7. The first-order chi connectivity index (χ1) is 18.9. The van der Waals surface area contributed by atoms with Crippen LogP contribution in [0.1, 0.15) is 80.7 Å². The number of nitrogens with zero attached hydrogens (tertiary/aromatic N) is 3. The van der Waals surface area contributed by atoms with Gasteiger partial charge in [0.05, 0.1) is 17.9 Å². The average molecular weight is 629 g/mol. The molecule has 2 aliphatic rings. The Morgan fingerprint density at radius 1 is 1.20 bits per heavy atom. The second kappa shape index (κ2) is 14.6. The number of oxazole rings is 1. The molecular formula is C29H37Cl3FN5O3. The number of benzene rings is 1. The highest BCUT2D eigenvalue weighted by Crippen LogP contribution is 2.59. The molecule has 2 atom stereocenters. The molecule has 2 aromatic heterocycles. The van der Waals surface area contributed by atoms with Crippen LogP contribution in [-0.4, -0.2) is 51.2 Å². The number of ketones is 1. The van der Waals surface area contributed by atoms with Gasteiger partial charge in [0.2, 0.25) is 11.7 Å². The molecule has 3 heterocycles. The van der Waals surface area contributed by atoms with Crippen molar-refractivity contribution in [2.24, 2.45) is 11.3 Å². The fourth-order valence-electron chi connectivity index (χ4n) is 5.77. The van der Waals surface area contributed by atoms with E-state index in [0.29, 0.717) is 41.5 Å². The molecule has 1 amide bonds. The topological polar surface area (TPSA) is 104 Å². The van der Waals surface area contributed by atoms with Crippen LogP contribution in [0.4, 0.5) is 4.39 Å². The van der Waals surface area contributed by atoms with Crippen molar-refractivity contribution in [1.82, 2.24) is 25.2 Å². The van der Waals surface area contributed by atoms with Gasteiger partial charge in [-0.2, -0.15) is 0 Å². The zero-order chi connectivity index (χ0) is 27.4. The van der Waals surface area contributed by atoms with Crippen molar-refractivity contribution in [2.45, 2.75) is 64.3 Å². The Hall–Kier alpha value is -2.46. The maximum atomic E-state index is 13.4. The van der Waals surface area contributed by atoms with Gasteiger partial charge >= 0.3 is 0 Å². The number of likely N-dealkylation sites (tertiary alicyclic amines) is 1. The third kappa shape index (κ3) is 7.89. The predicted octanol–water partition coefficient (Wildman–Crippen LogP) is 6.81. The van der Waals surface area contributed by atoms with Crippen molar-refractivity contribution < 1.29 is 18.4 Å². The summed E-state index contributed by atoms with van der Waals surface area (Å²) < 4.78 is 18.5. The number of piperidine rings is 1. The number of unbranched alkanes of at least 4 members (excludes halogenated alkanes) is 2. The molecule has 0 bridgehead atoms. The largest absolute Gasteiger partial charge is 0.442 e. The van der Waals surface area contributed by atoms with E-state index in [2.05, 4.69) is 32.1 Å². The molecule has 12 heteroatoms. The SMILES string of the molecule is CCN1CCC2(CC1)C[C@@H]2C(=O)N[C@@H](CCCCCC(=O)c1ncco1)c1[nH]c(-c2ccc(F)cc2)nc1Cl.Cl.Cl. The van der Waals surface area contributed by atoms with Crippen molar-refractivity contribution in [3.63, 3.8) is 0 Å². The first kappa shape index (κ1) is 33.0.